The first-order valence-electron chi connectivity index (χ1n) is 6.77. The van der Waals surface area contributed by atoms with E-state index in [0.717, 1.165) is 0 Å². The molecule has 1 aromatic rings. The zero-order valence-electron chi connectivity index (χ0n) is 12.1. The molecular formula is C12H16O2. The molecule has 0 bridgehead atoms. The summed E-state index contributed by atoms with van der Waals surface area (Å²) < 4.78 is 41.9. The SMILES string of the molecule is [2H]C1([2H])OC(c2ccccc2)OC([2H])([2H])C1CC. The van der Waals surface area contributed by atoms with Gasteiger partial charge in [-0.25, -0.2) is 0 Å². The van der Waals surface area contributed by atoms with Crippen LogP contribution in [0.3, 0.4) is 0 Å². The van der Waals surface area contributed by atoms with Crippen LogP contribution in [0.2, 0.25) is 0 Å². The van der Waals surface area contributed by atoms with Gasteiger partial charge in [-0.2, -0.15) is 0 Å². The van der Waals surface area contributed by atoms with E-state index < -0.39 is 25.3 Å². The highest BCUT2D eigenvalue weighted by atomic mass is 16.7. The van der Waals surface area contributed by atoms with Crippen LogP contribution in [-0.4, -0.2) is 13.1 Å². The average Bonchev–Trinajstić information content (AvgIpc) is 2.27. The summed E-state index contributed by atoms with van der Waals surface area (Å²) in [5.74, 6) is -0.940. The third kappa shape index (κ3) is 2.14. The quantitative estimate of drug-likeness (QED) is 0.724. The molecule has 1 saturated heterocycles. The fourth-order valence-electron chi connectivity index (χ4n) is 1.25. The van der Waals surface area contributed by atoms with Crippen LogP contribution < -0.4 is 0 Å². The molecule has 0 aromatic heterocycles. The van der Waals surface area contributed by atoms with E-state index in [1.54, 1.807) is 31.2 Å². The Labute approximate surface area is 90.5 Å². The Morgan fingerprint density at radius 1 is 1.29 bits per heavy atom. The molecule has 1 aliphatic heterocycles. The molecule has 1 aromatic carbocycles. The Bertz CT molecular complexity index is 390. The predicted molar refractivity (Wildman–Crippen MR) is 54.9 cm³/mol. The molecule has 2 rings (SSSR count). The normalized spacial score (nSPS) is 38.9. The van der Waals surface area contributed by atoms with Gasteiger partial charge in [0.1, 0.15) is 0 Å². The highest BCUT2D eigenvalue weighted by Crippen LogP contribution is 2.25. The van der Waals surface area contributed by atoms with E-state index in [1.807, 2.05) is 6.07 Å². The molecule has 0 radical (unpaired) electrons. The molecule has 14 heavy (non-hydrogen) atoms. The van der Waals surface area contributed by atoms with Gasteiger partial charge in [-0.15, -0.1) is 0 Å². The topological polar surface area (TPSA) is 18.5 Å². The van der Waals surface area contributed by atoms with Gasteiger partial charge in [0.2, 0.25) is 0 Å². The molecule has 0 amide bonds. The van der Waals surface area contributed by atoms with Crippen molar-refractivity contribution in [1.82, 2.24) is 0 Å². The molecule has 1 heterocycles. The van der Waals surface area contributed by atoms with Gasteiger partial charge in [0, 0.05) is 11.5 Å². The third-order valence-corrected chi connectivity index (χ3v) is 2.11. The summed E-state index contributed by atoms with van der Waals surface area (Å²) in [6, 6.07) is 8.83. The number of benzene rings is 1. The molecule has 1 fully saturated rings. The number of ether oxygens (including phenoxy) is 2. The standard InChI is InChI=1S/C12H16O2/c1-2-10-8-13-12(14-9-10)11-6-4-3-5-7-11/h3-7,10,12H,2,8-9H2,1H3/i8D2,9D2. The van der Waals surface area contributed by atoms with E-state index in [1.165, 1.54) is 0 Å². The highest BCUT2D eigenvalue weighted by molar-refractivity contribution is 5.16. The van der Waals surface area contributed by atoms with Gasteiger partial charge in [0.15, 0.2) is 6.29 Å². The number of rotatable bonds is 2. The molecule has 0 unspecified atom stereocenters. The Kier molecular flexibility index (Phi) is 1.92. The van der Waals surface area contributed by atoms with Gasteiger partial charge in [0.25, 0.3) is 0 Å². The Hall–Kier alpha value is -0.860. The van der Waals surface area contributed by atoms with Crippen LogP contribution in [0.15, 0.2) is 30.3 Å². The van der Waals surface area contributed by atoms with Crippen LogP contribution >= 0.6 is 0 Å². The van der Waals surface area contributed by atoms with Crippen LogP contribution in [0, 0.1) is 5.92 Å². The van der Waals surface area contributed by atoms with Crippen molar-refractivity contribution in [3.8, 4) is 0 Å². The first-order valence-corrected chi connectivity index (χ1v) is 4.77. The van der Waals surface area contributed by atoms with Crippen LogP contribution in [0.1, 0.15) is 30.7 Å². The molecule has 1 aliphatic rings. The fraction of sp³-hybridized carbons (Fsp3) is 0.500. The summed E-state index contributed by atoms with van der Waals surface area (Å²) in [4.78, 5) is 0. The lowest BCUT2D eigenvalue weighted by Gasteiger charge is -2.28. The van der Waals surface area contributed by atoms with Crippen molar-refractivity contribution in [2.45, 2.75) is 19.6 Å². The second kappa shape index (κ2) is 4.58. The van der Waals surface area contributed by atoms with Crippen LogP contribution in [0.4, 0.5) is 0 Å². The minimum absolute atomic E-state index is 0.307. The molecule has 2 heteroatoms. The Balaban J connectivity index is 2.29. The Morgan fingerprint density at radius 3 is 2.50 bits per heavy atom. The van der Waals surface area contributed by atoms with Gasteiger partial charge in [0.05, 0.1) is 18.6 Å². The molecule has 0 N–H and O–H groups in total. The molecule has 0 atom stereocenters. The van der Waals surface area contributed by atoms with Gasteiger partial charge < -0.3 is 9.47 Å². The molecule has 76 valence electrons. The molecular weight excluding hydrogens is 176 g/mol. The van der Waals surface area contributed by atoms with Crippen molar-refractivity contribution in [2.75, 3.05) is 13.1 Å². The maximum absolute atomic E-state index is 7.84. The Morgan fingerprint density at radius 2 is 1.93 bits per heavy atom. The summed E-state index contributed by atoms with van der Waals surface area (Å²) >= 11 is 0. The van der Waals surface area contributed by atoms with Crippen LogP contribution in [-0.2, 0) is 9.47 Å². The number of hydrogen-bond acceptors (Lipinski definition) is 2. The van der Waals surface area contributed by atoms with Gasteiger partial charge in [-0.05, 0) is 6.42 Å². The van der Waals surface area contributed by atoms with Crippen molar-refractivity contribution in [3.63, 3.8) is 0 Å². The minimum atomic E-state index is -2.04. The van der Waals surface area contributed by atoms with Crippen molar-refractivity contribution in [1.29, 1.82) is 0 Å². The maximum Gasteiger partial charge on any atom is 0.183 e. The third-order valence-electron chi connectivity index (χ3n) is 2.11. The first-order chi connectivity index (χ1) is 8.37. The lowest BCUT2D eigenvalue weighted by atomic mass is 10.1. The van der Waals surface area contributed by atoms with E-state index in [0.29, 0.717) is 12.0 Å². The van der Waals surface area contributed by atoms with E-state index in [-0.39, 0.29) is 0 Å². The lowest BCUT2D eigenvalue weighted by molar-refractivity contribution is -0.205. The second-order valence-corrected chi connectivity index (χ2v) is 3.17. The molecule has 0 saturated carbocycles. The zero-order chi connectivity index (χ0) is 13.4. The molecule has 0 spiro atoms. The van der Waals surface area contributed by atoms with E-state index in [4.69, 9.17) is 15.0 Å². The summed E-state index contributed by atoms with van der Waals surface area (Å²) in [7, 11) is 0. The van der Waals surface area contributed by atoms with Crippen molar-refractivity contribution in [2.24, 2.45) is 5.92 Å². The monoisotopic (exact) mass is 196 g/mol. The number of hydrogen-bond donors (Lipinski definition) is 0. The van der Waals surface area contributed by atoms with Crippen LogP contribution in [0.25, 0.3) is 0 Å². The van der Waals surface area contributed by atoms with E-state index >= 15 is 0 Å². The van der Waals surface area contributed by atoms with E-state index in [9.17, 15) is 0 Å². The summed E-state index contributed by atoms with van der Waals surface area (Å²) in [5.41, 5.74) is 0.611. The summed E-state index contributed by atoms with van der Waals surface area (Å²) in [5, 5.41) is 0. The average molecular weight is 196 g/mol. The van der Waals surface area contributed by atoms with Crippen LogP contribution in [0.5, 0.6) is 0 Å². The molecule has 2 nitrogen and oxygen atoms in total. The van der Waals surface area contributed by atoms with Crippen molar-refractivity contribution < 1.29 is 15.0 Å². The van der Waals surface area contributed by atoms with Gasteiger partial charge in [-0.3, -0.25) is 0 Å². The summed E-state index contributed by atoms with van der Waals surface area (Å²) in [6.45, 7) is -2.37. The maximum atomic E-state index is 7.84. The van der Waals surface area contributed by atoms with Crippen molar-refractivity contribution in [3.05, 3.63) is 35.9 Å². The lowest BCUT2D eigenvalue weighted by Crippen LogP contribution is -2.26. The second-order valence-electron chi connectivity index (χ2n) is 3.17. The fourth-order valence-corrected chi connectivity index (χ4v) is 1.25. The van der Waals surface area contributed by atoms with E-state index in [2.05, 4.69) is 0 Å². The smallest absolute Gasteiger partial charge is 0.183 e. The first kappa shape index (κ1) is 5.89. The van der Waals surface area contributed by atoms with Gasteiger partial charge >= 0.3 is 0 Å². The largest absolute Gasteiger partial charge is 0.348 e. The predicted octanol–water partition coefficient (Wildman–Crippen LogP) is 2.76. The summed E-state index contributed by atoms with van der Waals surface area (Å²) in [6.07, 6.45) is -0.708. The van der Waals surface area contributed by atoms with Crippen molar-refractivity contribution >= 4 is 0 Å². The molecule has 0 aliphatic carbocycles. The van der Waals surface area contributed by atoms with Gasteiger partial charge in [-0.1, -0.05) is 37.3 Å². The highest BCUT2D eigenvalue weighted by Gasteiger charge is 2.21. The minimum Gasteiger partial charge on any atom is -0.348 e. The zero-order valence-corrected chi connectivity index (χ0v) is 8.07.